The lowest BCUT2D eigenvalue weighted by atomic mass is 10.2. The maximum absolute atomic E-state index is 10.4. The molecule has 0 saturated carbocycles. The van der Waals surface area contributed by atoms with Crippen molar-refractivity contribution < 1.29 is 9.90 Å². The summed E-state index contributed by atoms with van der Waals surface area (Å²) < 4.78 is 0. The monoisotopic (exact) mass is 237 g/mol. The van der Waals surface area contributed by atoms with E-state index in [1.165, 1.54) is 0 Å². The van der Waals surface area contributed by atoms with Gasteiger partial charge in [0.25, 0.3) is 0 Å². The SMILES string of the molecule is CCCc1ccc(N(C)CCCC(=O)O)nn1. The Hall–Kier alpha value is -1.65. The number of hydrogen-bond acceptors (Lipinski definition) is 4. The second kappa shape index (κ2) is 6.83. The highest BCUT2D eigenvalue weighted by molar-refractivity contribution is 5.66. The molecular formula is C12H19N3O2. The van der Waals surface area contributed by atoms with Gasteiger partial charge in [-0.3, -0.25) is 4.79 Å². The maximum Gasteiger partial charge on any atom is 0.303 e. The van der Waals surface area contributed by atoms with E-state index in [1.54, 1.807) is 0 Å². The summed E-state index contributed by atoms with van der Waals surface area (Å²) in [7, 11) is 1.89. The van der Waals surface area contributed by atoms with Crippen LogP contribution in [0.5, 0.6) is 0 Å². The van der Waals surface area contributed by atoms with Gasteiger partial charge in [-0.15, -0.1) is 5.10 Å². The van der Waals surface area contributed by atoms with Crippen LogP contribution in [0.3, 0.4) is 0 Å². The molecule has 0 atom stereocenters. The van der Waals surface area contributed by atoms with Crippen LogP contribution in [0.1, 0.15) is 31.9 Å². The van der Waals surface area contributed by atoms with Crippen molar-refractivity contribution in [2.75, 3.05) is 18.5 Å². The van der Waals surface area contributed by atoms with E-state index < -0.39 is 5.97 Å². The molecule has 0 unspecified atom stereocenters. The van der Waals surface area contributed by atoms with Crippen LogP contribution in [0.15, 0.2) is 12.1 Å². The van der Waals surface area contributed by atoms with Gasteiger partial charge in [-0.2, -0.15) is 5.10 Å². The summed E-state index contributed by atoms with van der Waals surface area (Å²) in [6, 6.07) is 3.90. The second-order valence-corrected chi connectivity index (χ2v) is 4.05. The van der Waals surface area contributed by atoms with Crippen LogP contribution >= 0.6 is 0 Å². The molecule has 0 amide bonds. The van der Waals surface area contributed by atoms with E-state index in [1.807, 2.05) is 24.1 Å². The van der Waals surface area contributed by atoms with Crippen molar-refractivity contribution in [1.29, 1.82) is 0 Å². The Kier molecular flexibility index (Phi) is 5.39. The Labute approximate surface area is 101 Å². The fourth-order valence-electron chi connectivity index (χ4n) is 1.53. The molecule has 0 aliphatic rings. The standard InChI is InChI=1S/C12H19N3O2/c1-3-5-10-7-8-11(14-13-10)15(2)9-4-6-12(16)17/h7-8H,3-6,9H2,1-2H3,(H,16,17). The molecule has 0 bridgehead atoms. The molecule has 0 saturated heterocycles. The van der Waals surface area contributed by atoms with Crippen molar-refractivity contribution in [2.24, 2.45) is 0 Å². The van der Waals surface area contributed by atoms with Gasteiger partial charge in [-0.25, -0.2) is 0 Å². The van der Waals surface area contributed by atoms with E-state index in [9.17, 15) is 4.79 Å². The minimum absolute atomic E-state index is 0.186. The lowest BCUT2D eigenvalue weighted by molar-refractivity contribution is -0.137. The van der Waals surface area contributed by atoms with Crippen LogP contribution in [-0.2, 0) is 11.2 Å². The van der Waals surface area contributed by atoms with Gasteiger partial charge < -0.3 is 10.0 Å². The number of aliphatic carboxylic acids is 1. The number of anilines is 1. The zero-order chi connectivity index (χ0) is 12.7. The molecule has 1 aromatic heterocycles. The molecule has 1 aromatic rings. The summed E-state index contributed by atoms with van der Waals surface area (Å²) in [6.45, 7) is 2.78. The third kappa shape index (κ3) is 4.80. The average Bonchev–Trinajstić information content (AvgIpc) is 2.30. The van der Waals surface area contributed by atoms with Crippen LogP contribution in [0, 0.1) is 0 Å². The van der Waals surface area contributed by atoms with Crippen molar-refractivity contribution in [3.8, 4) is 0 Å². The lowest BCUT2D eigenvalue weighted by Crippen LogP contribution is -2.20. The fourth-order valence-corrected chi connectivity index (χ4v) is 1.53. The first-order chi connectivity index (χ1) is 8.13. The molecule has 5 nitrogen and oxygen atoms in total. The quantitative estimate of drug-likeness (QED) is 0.782. The molecule has 0 aliphatic carbocycles. The summed E-state index contributed by atoms with van der Waals surface area (Å²) in [6.07, 6.45) is 2.80. The summed E-state index contributed by atoms with van der Waals surface area (Å²) in [4.78, 5) is 12.3. The van der Waals surface area contributed by atoms with E-state index in [0.29, 0.717) is 13.0 Å². The first kappa shape index (κ1) is 13.4. The van der Waals surface area contributed by atoms with E-state index in [2.05, 4.69) is 17.1 Å². The van der Waals surface area contributed by atoms with E-state index in [-0.39, 0.29) is 6.42 Å². The lowest BCUT2D eigenvalue weighted by Gasteiger charge is -2.16. The Morgan fingerprint density at radius 3 is 2.71 bits per heavy atom. The van der Waals surface area contributed by atoms with E-state index in [4.69, 9.17) is 5.11 Å². The molecule has 1 heterocycles. The Balaban J connectivity index is 2.45. The van der Waals surface area contributed by atoms with Gasteiger partial charge in [0.2, 0.25) is 0 Å². The molecule has 0 radical (unpaired) electrons. The third-order valence-corrected chi connectivity index (χ3v) is 2.49. The molecule has 5 heteroatoms. The predicted octanol–water partition coefficient (Wildman–Crippen LogP) is 1.73. The van der Waals surface area contributed by atoms with Gasteiger partial charge in [0.05, 0.1) is 5.69 Å². The summed E-state index contributed by atoms with van der Waals surface area (Å²) in [5, 5.41) is 16.8. The first-order valence-electron chi connectivity index (χ1n) is 5.89. The smallest absolute Gasteiger partial charge is 0.303 e. The highest BCUT2D eigenvalue weighted by Gasteiger charge is 2.04. The van der Waals surface area contributed by atoms with Crippen LogP contribution in [0.4, 0.5) is 5.82 Å². The minimum atomic E-state index is -0.761. The molecule has 1 N–H and O–H groups in total. The van der Waals surface area contributed by atoms with Crippen molar-refractivity contribution in [1.82, 2.24) is 10.2 Å². The Bertz CT molecular complexity index is 351. The van der Waals surface area contributed by atoms with Crippen molar-refractivity contribution in [3.63, 3.8) is 0 Å². The zero-order valence-electron chi connectivity index (χ0n) is 10.4. The number of nitrogens with zero attached hydrogens (tertiary/aromatic N) is 3. The molecule has 94 valence electrons. The highest BCUT2D eigenvalue weighted by Crippen LogP contribution is 2.09. The van der Waals surface area contributed by atoms with Crippen LogP contribution in [0.2, 0.25) is 0 Å². The first-order valence-corrected chi connectivity index (χ1v) is 5.89. The van der Waals surface area contributed by atoms with Crippen LogP contribution < -0.4 is 4.90 Å². The highest BCUT2D eigenvalue weighted by atomic mass is 16.4. The van der Waals surface area contributed by atoms with Crippen molar-refractivity contribution in [2.45, 2.75) is 32.6 Å². The number of aromatic nitrogens is 2. The van der Waals surface area contributed by atoms with Gasteiger partial charge in [-0.05, 0) is 25.0 Å². The molecule has 0 fully saturated rings. The summed E-state index contributed by atoms with van der Waals surface area (Å²) >= 11 is 0. The molecule has 0 spiro atoms. The van der Waals surface area contributed by atoms with Crippen molar-refractivity contribution in [3.05, 3.63) is 17.8 Å². The topological polar surface area (TPSA) is 66.3 Å². The number of carbonyl (C=O) groups is 1. The number of aryl methyl sites for hydroxylation is 1. The third-order valence-electron chi connectivity index (χ3n) is 2.49. The summed E-state index contributed by atoms with van der Waals surface area (Å²) in [5.74, 6) is 0.0259. The van der Waals surface area contributed by atoms with Crippen LogP contribution in [-0.4, -0.2) is 34.9 Å². The van der Waals surface area contributed by atoms with Crippen LogP contribution in [0.25, 0.3) is 0 Å². The van der Waals surface area contributed by atoms with Gasteiger partial charge in [0.15, 0.2) is 5.82 Å². The number of carboxylic acids is 1. The number of rotatable bonds is 7. The largest absolute Gasteiger partial charge is 0.481 e. The fraction of sp³-hybridized carbons (Fsp3) is 0.583. The predicted molar refractivity (Wildman–Crippen MR) is 66.2 cm³/mol. The average molecular weight is 237 g/mol. The van der Waals surface area contributed by atoms with Gasteiger partial charge in [0, 0.05) is 20.0 Å². The summed E-state index contributed by atoms with van der Waals surface area (Å²) in [5.41, 5.74) is 0.996. The van der Waals surface area contributed by atoms with Gasteiger partial charge in [0.1, 0.15) is 0 Å². The molecule has 0 aromatic carbocycles. The Morgan fingerprint density at radius 2 is 2.18 bits per heavy atom. The van der Waals surface area contributed by atoms with E-state index >= 15 is 0 Å². The maximum atomic E-state index is 10.4. The van der Waals surface area contributed by atoms with Crippen molar-refractivity contribution >= 4 is 11.8 Å². The molecular weight excluding hydrogens is 218 g/mol. The zero-order valence-corrected chi connectivity index (χ0v) is 10.4. The number of hydrogen-bond donors (Lipinski definition) is 1. The molecule has 17 heavy (non-hydrogen) atoms. The van der Waals surface area contributed by atoms with Gasteiger partial charge in [-0.1, -0.05) is 13.3 Å². The normalized spacial score (nSPS) is 10.2. The molecule has 0 aliphatic heterocycles. The minimum Gasteiger partial charge on any atom is -0.481 e. The number of carboxylic acid groups (broad SMARTS) is 1. The second-order valence-electron chi connectivity index (χ2n) is 4.05. The Morgan fingerprint density at radius 1 is 1.41 bits per heavy atom. The van der Waals surface area contributed by atoms with E-state index in [0.717, 1.165) is 24.4 Å². The molecule has 1 rings (SSSR count). The van der Waals surface area contributed by atoms with Gasteiger partial charge >= 0.3 is 5.97 Å².